The number of nitrogens with two attached hydrogens (primary N) is 1. The number of carbonyl (C=O) groups excluding carboxylic acids is 1. The van der Waals surface area contributed by atoms with Gasteiger partial charge in [-0.15, -0.1) is 0 Å². The van der Waals surface area contributed by atoms with Crippen LogP contribution in [0.2, 0.25) is 0 Å². The van der Waals surface area contributed by atoms with Crippen LogP contribution in [0.3, 0.4) is 0 Å². The molecule has 1 fully saturated rings. The molecule has 1 saturated heterocycles. The van der Waals surface area contributed by atoms with Crippen LogP contribution in [0.1, 0.15) is 29.3 Å². The number of halogens is 1. The number of benzene rings is 1. The lowest BCUT2D eigenvalue weighted by Gasteiger charge is -2.24. The zero-order valence-corrected chi connectivity index (χ0v) is 10.1. The highest BCUT2D eigenvalue weighted by Gasteiger charge is 2.32. The van der Waals surface area contributed by atoms with Crippen molar-refractivity contribution < 1.29 is 9.18 Å². The van der Waals surface area contributed by atoms with Crippen molar-refractivity contribution in [2.24, 2.45) is 5.73 Å². The van der Waals surface area contributed by atoms with E-state index >= 15 is 0 Å². The van der Waals surface area contributed by atoms with E-state index in [0.717, 1.165) is 12.0 Å². The molecule has 1 aliphatic heterocycles. The van der Waals surface area contributed by atoms with Gasteiger partial charge >= 0.3 is 0 Å². The number of carbonyl (C=O) groups is 1. The molecule has 0 radical (unpaired) electrons. The van der Waals surface area contributed by atoms with Gasteiger partial charge < -0.3 is 10.6 Å². The summed E-state index contributed by atoms with van der Waals surface area (Å²) in [5, 5.41) is 0. The van der Waals surface area contributed by atoms with E-state index in [9.17, 15) is 9.18 Å². The SMILES string of the molecule is Cc1ccc(F)cc1C(=O)N1CCC(N)C1C. The third-order valence-corrected chi connectivity index (χ3v) is 3.51. The minimum atomic E-state index is -0.380. The lowest BCUT2D eigenvalue weighted by atomic mass is 10.1. The summed E-state index contributed by atoms with van der Waals surface area (Å²) in [7, 11) is 0. The van der Waals surface area contributed by atoms with Crippen molar-refractivity contribution in [3.63, 3.8) is 0 Å². The Morgan fingerprint density at radius 2 is 2.24 bits per heavy atom. The van der Waals surface area contributed by atoms with Gasteiger partial charge in [0.1, 0.15) is 5.82 Å². The van der Waals surface area contributed by atoms with Gasteiger partial charge in [0.25, 0.3) is 5.91 Å². The number of nitrogens with zero attached hydrogens (tertiary/aromatic N) is 1. The molecule has 1 heterocycles. The number of hydrogen-bond donors (Lipinski definition) is 1. The molecule has 17 heavy (non-hydrogen) atoms. The summed E-state index contributed by atoms with van der Waals surface area (Å²) in [5.74, 6) is -0.502. The predicted molar refractivity (Wildman–Crippen MR) is 64.2 cm³/mol. The van der Waals surface area contributed by atoms with Crippen LogP contribution in [-0.4, -0.2) is 29.4 Å². The second-order valence-corrected chi connectivity index (χ2v) is 4.65. The van der Waals surface area contributed by atoms with Gasteiger partial charge in [-0.25, -0.2) is 4.39 Å². The largest absolute Gasteiger partial charge is 0.334 e. The van der Waals surface area contributed by atoms with Gasteiger partial charge in [-0.05, 0) is 38.0 Å². The van der Waals surface area contributed by atoms with E-state index in [1.807, 2.05) is 13.8 Å². The van der Waals surface area contributed by atoms with Crippen LogP contribution in [0.25, 0.3) is 0 Å². The molecule has 2 rings (SSSR count). The molecule has 1 aromatic rings. The van der Waals surface area contributed by atoms with Crippen molar-refractivity contribution >= 4 is 5.91 Å². The van der Waals surface area contributed by atoms with E-state index in [1.165, 1.54) is 12.1 Å². The highest BCUT2D eigenvalue weighted by molar-refractivity contribution is 5.96. The van der Waals surface area contributed by atoms with E-state index in [0.29, 0.717) is 12.1 Å². The van der Waals surface area contributed by atoms with Gasteiger partial charge in [-0.3, -0.25) is 4.79 Å². The molecule has 0 bridgehead atoms. The van der Waals surface area contributed by atoms with Crippen molar-refractivity contribution in [1.29, 1.82) is 0 Å². The predicted octanol–water partition coefficient (Wildman–Crippen LogP) is 1.70. The quantitative estimate of drug-likeness (QED) is 0.806. The molecule has 1 aromatic carbocycles. The first-order chi connectivity index (χ1) is 8.00. The van der Waals surface area contributed by atoms with Crippen LogP contribution in [0, 0.1) is 12.7 Å². The lowest BCUT2D eigenvalue weighted by molar-refractivity contribution is 0.0741. The van der Waals surface area contributed by atoms with Crippen LogP contribution >= 0.6 is 0 Å². The van der Waals surface area contributed by atoms with E-state index in [4.69, 9.17) is 5.73 Å². The smallest absolute Gasteiger partial charge is 0.254 e. The Hall–Kier alpha value is -1.42. The average molecular weight is 236 g/mol. The van der Waals surface area contributed by atoms with Crippen molar-refractivity contribution in [2.75, 3.05) is 6.54 Å². The van der Waals surface area contributed by atoms with Crippen molar-refractivity contribution in [2.45, 2.75) is 32.4 Å². The summed E-state index contributed by atoms with van der Waals surface area (Å²) >= 11 is 0. The first kappa shape index (κ1) is 12.0. The normalized spacial score (nSPS) is 24.1. The zero-order chi connectivity index (χ0) is 12.6. The van der Waals surface area contributed by atoms with Gasteiger partial charge in [-0.2, -0.15) is 0 Å². The summed E-state index contributed by atoms with van der Waals surface area (Å²) in [4.78, 5) is 14.0. The summed E-state index contributed by atoms with van der Waals surface area (Å²) in [6.07, 6.45) is 0.807. The summed E-state index contributed by atoms with van der Waals surface area (Å²) < 4.78 is 13.2. The van der Waals surface area contributed by atoms with Crippen LogP contribution in [0.4, 0.5) is 4.39 Å². The van der Waals surface area contributed by atoms with Gasteiger partial charge in [-0.1, -0.05) is 6.07 Å². The Morgan fingerprint density at radius 3 is 2.82 bits per heavy atom. The molecule has 0 spiro atoms. The molecule has 1 amide bonds. The van der Waals surface area contributed by atoms with Crippen LogP contribution < -0.4 is 5.73 Å². The highest BCUT2D eigenvalue weighted by atomic mass is 19.1. The number of aryl methyl sites for hydroxylation is 1. The van der Waals surface area contributed by atoms with Gasteiger partial charge in [0, 0.05) is 24.2 Å². The highest BCUT2D eigenvalue weighted by Crippen LogP contribution is 2.21. The third kappa shape index (κ3) is 2.17. The number of amides is 1. The fraction of sp³-hybridized carbons (Fsp3) is 0.462. The minimum Gasteiger partial charge on any atom is -0.334 e. The molecule has 92 valence electrons. The molecule has 0 aromatic heterocycles. The second kappa shape index (κ2) is 4.45. The Labute approximate surface area is 100 Å². The third-order valence-electron chi connectivity index (χ3n) is 3.51. The second-order valence-electron chi connectivity index (χ2n) is 4.65. The Morgan fingerprint density at radius 1 is 1.53 bits per heavy atom. The van der Waals surface area contributed by atoms with Gasteiger partial charge in [0.05, 0.1) is 0 Å². The van der Waals surface area contributed by atoms with Crippen molar-refractivity contribution in [1.82, 2.24) is 4.90 Å². The van der Waals surface area contributed by atoms with Crippen LogP contribution in [-0.2, 0) is 0 Å². The van der Waals surface area contributed by atoms with E-state index in [2.05, 4.69) is 0 Å². The molecule has 0 aliphatic carbocycles. The van der Waals surface area contributed by atoms with Crippen LogP contribution in [0.5, 0.6) is 0 Å². The maximum Gasteiger partial charge on any atom is 0.254 e. The van der Waals surface area contributed by atoms with E-state index < -0.39 is 0 Å². The Bertz CT molecular complexity index is 447. The van der Waals surface area contributed by atoms with E-state index in [1.54, 1.807) is 11.0 Å². The first-order valence-corrected chi connectivity index (χ1v) is 5.83. The molecular weight excluding hydrogens is 219 g/mol. The molecule has 0 saturated carbocycles. The fourth-order valence-corrected chi connectivity index (χ4v) is 2.23. The number of rotatable bonds is 1. The van der Waals surface area contributed by atoms with E-state index in [-0.39, 0.29) is 23.8 Å². The van der Waals surface area contributed by atoms with Crippen LogP contribution in [0.15, 0.2) is 18.2 Å². The molecule has 2 N–H and O–H groups in total. The molecule has 4 heteroatoms. The van der Waals surface area contributed by atoms with Gasteiger partial charge in [0.2, 0.25) is 0 Å². The lowest BCUT2D eigenvalue weighted by Crippen LogP contribution is -2.40. The van der Waals surface area contributed by atoms with Crippen molar-refractivity contribution in [3.8, 4) is 0 Å². The minimum absolute atomic E-state index is 0.0187. The van der Waals surface area contributed by atoms with Gasteiger partial charge in [0.15, 0.2) is 0 Å². The standard InChI is InChI=1S/C13H17FN2O/c1-8-3-4-10(14)7-11(8)13(17)16-6-5-12(15)9(16)2/h3-4,7,9,12H,5-6,15H2,1-2H3. The molecule has 2 unspecified atom stereocenters. The van der Waals surface area contributed by atoms with Crippen molar-refractivity contribution in [3.05, 3.63) is 35.1 Å². The average Bonchev–Trinajstić information content (AvgIpc) is 2.62. The summed E-state index contributed by atoms with van der Waals surface area (Å²) in [6, 6.07) is 4.33. The zero-order valence-electron chi connectivity index (χ0n) is 10.1. The first-order valence-electron chi connectivity index (χ1n) is 5.83. The monoisotopic (exact) mass is 236 g/mol. The topological polar surface area (TPSA) is 46.3 Å². The Balaban J connectivity index is 2.28. The maximum absolute atomic E-state index is 13.2. The molecular formula is C13H17FN2O. The molecule has 3 nitrogen and oxygen atoms in total. The Kier molecular flexibility index (Phi) is 3.15. The maximum atomic E-state index is 13.2. The fourth-order valence-electron chi connectivity index (χ4n) is 2.23. The summed E-state index contributed by atoms with van der Waals surface area (Å²) in [6.45, 7) is 4.40. The molecule has 2 atom stereocenters. The number of hydrogen-bond acceptors (Lipinski definition) is 2. The molecule has 1 aliphatic rings. The number of likely N-dealkylation sites (tertiary alicyclic amines) is 1. The summed E-state index contributed by atoms with van der Waals surface area (Å²) in [5.41, 5.74) is 7.12.